The number of nitrogens with zero attached hydrogens (tertiary/aromatic N) is 2. The number of pyridine rings is 1. The lowest BCUT2D eigenvalue weighted by Gasteiger charge is -2.42. The van der Waals surface area contributed by atoms with Crippen LogP contribution in [0.5, 0.6) is 0 Å². The number of hydrogen-bond donors (Lipinski definition) is 2. The van der Waals surface area contributed by atoms with E-state index < -0.39 is 22.8 Å². The number of carboxylic acid groups (broad SMARTS) is 1. The van der Waals surface area contributed by atoms with E-state index in [0.29, 0.717) is 29.3 Å². The Balaban J connectivity index is 1.56. The molecule has 136 valence electrons. The molecule has 2 aliphatic rings. The van der Waals surface area contributed by atoms with Crippen molar-refractivity contribution in [2.24, 2.45) is 5.41 Å². The second-order valence-electron chi connectivity index (χ2n) is 7.23. The zero-order valence-corrected chi connectivity index (χ0v) is 14.1. The Kier molecular flexibility index (Phi) is 3.73. The predicted octanol–water partition coefficient (Wildman–Crippen LogP) is 2.21. The Labute approximate surface area is 149 Å². The molecule has 26 heavy (non-hydrogen) atoms. The predicted molar refractivity (Wildman–Crippen MR) is 91.1 cm³/mol. The number of halogens is 1. The van der Waals surface area contributed by atoms with Gasteiger partial charge in [-0.15, -0.1) is 0 Å². The van der Waals surface area contributed by atoms with Gasteiger partial charge in [-0.2, -0.15) is 0 Å². The first kappa shape index (κ1) is 16.9. The summed E-state index contributed by atoms with van der Waals surface area (Å²) in [6.45, 7) is 0.535. The van der Waals surface area contributed by atoms with Crippen molar-refractivity contribution in [3.05, 3.63) is 41.8 Å². The summed E-state index contributed by atoms with van der Waals surface area (Å²) in [5.74, 6) is -1.66. The average molecular weight is 358 g/mol. The largest absolute Gasteiger partial charge is 0.481 e. The topological polar surface area (TPSA) is 90.7 Å². The molecule has 1 aliphatic heterocycles. The van der Waals surface area contributed by atoms with Gasteiger partial charge in [-0.25, -0.2) is 4.39 Å². The quantitative estimate of drug-likeness (QED) is 0.878. The molecule has 4 rings (SSSR count). The maximum atomic E-state index is 13.6. The number of aliphatic hydroxyl groups is 1. The average Bonchev–Trinajstić information content (AvgIpc) is 3.44. The lowest BCUT2D eigenvalue weighted by Crippen LogP contribution is -2.53. The van der Waals surface area contributed by atoms with Crippen LogP contribution in [-0.2, 0) is 4.79 Å². The maximum absolute atomic E-state index is 13.6. The van der Waals surface area contributed by atoms with Gasteiger partial charge >= 0.3 is 5.97 Å². The summed E-state index contributed by atoms with van der Waals surface area (Å²) in [7, 11) is 0. The molecule has 7 heteroatoms. The van der Waals surface area contributed by atoms with Gasteiger partial charge in [0.1, 0.15) is 5.82 Å². The van der Waals surface area contributed by atoms with Crippen molar-refractivity contribution in [3.63, 3.8) is 0 Å². The molecule has 0 unspecified atom stereocenters. The van der Waals surface area contributed by atoms with Crippen molar-refractivity contribution in [1.29, 1.82) is 0 Å². The number of aromatic nitrogens is 1. The van der Waals surface area contributed by atoms with Crippen molar-refractivity contribution in [1.82, 2.24) is 9.88 Å². The van der Waals surface area contributed by atoms with E-state index >= 15 is 0 Å². The van der Waals surface area contributed by atoms with Gasteiger partial charge < -0.3 is 15.1 Å². The van der Waals surface area contributed by atoms with E-state index in [1.54, 1.807) is 11.0 Å². The first-order chi connectivity index (χ1) is 12.4. The summed E-state index contributed by atoms with van der Waals surface area (Å²) in [5, 5.41) is 20.7. The summed E-state index contributed by atoms with van der Waals surface area (Å²) >= 11 is 0. The number of fused-ring (bicyclic) bond motifs is 1. The van der Waals surface area contributed by atoms with Gasteiger partial charge in [0.25, 0.3) is 5.91 Å². The Morgan fingerprint density at radius 1 is 1.12 bits per heavy atom. The van der Waals surface area contributed by atoms with Gasteiger partial charge in [0.2, 0.25) is 0 Å². The van der Waals surface area contributed by atoms with Gasteiger partial charge in [-0.3, -0.25) is 14.6 Å². The zero-order valence-electron chi connectivity index (χ0n) is 14.1. The van der Waals surface area contributed by atoms with Crippen molar-refractivity contribution < 1.29 is 24.2 Å². The number of carbonyl (C=O) groups excluding carboxylic acids is 1. The minimum Gasteiger partial charge on any atom is -0.481 e. The minimum atomic E-state index is -1.28. The van der Waals surface area contributed by atoms with E-state index in [2.05, 4.69) is 4.98 Å². The molecule has 1 aliphatic carbocycles. The van der Waals surface area contributed by atoms with Gasteiger partial charge in [0, 0.05) is 24.7 Å². The molecular formula is C19H19FN2O4. The third kappa shape index (κ3) is 2.46. The number of carboxylic acids is 1. The van der Waals surface area contributed by atoms with Crippen molar-refractivity contribution in [2.75, 3.05) is 13.1 Å². The van der Waals surface area contributed by atoms with Gasteiger partial charge in [-0.1, -0.05) is 0 Å². The van der Waals surface area contributed by atoms with Crippen molar-refractivity contribution in [3.8, 4) is 0 Å². The van der Waals surface area contributed by atoms with Gasteiger partial charge in [0.15, 0.2) is 0 Å². The highest BCUT2D eigenvalue weighted by Gasteiger charge is 2.64. The van der Waals surface area contributed by atoms with Crippen LogP contribution in [0.4, 0.5) is 4.39 Å². The number of rotatable bonds is 3. The number of carbonyl (C=O) groups is 2. The van der Waals surface area contributed by atoms with Crippen LogP contribution in [-0.4, -0.2) is 50.7 Å². The number of benzene rings is 1. The maximum Gasteiger partial charge on any atom is 0.312 e. The Morgan fingerprint density at radius 3 is 2.42 bits per heavy atom. The third-order valence-electron chi connectivity index (χ3n) is 5.86. The van der Waals surface area contributed by atoms with Crippen LogP contribution in [0, 0.1) is 11.2 Å². The molecule has 1 saturated carbocycles. The monoisotopic (exact) mass is 358 g/mol. The summed E-state index contributed by atoms with van der Waals surface area (Å²) in [5.41, 5.74) is -1.44. The second-order valence-corrected chi connectivity index (χ2v) is 7.23. The molecule has 0 spiro atoms. The molecule has 1 amide bonds. The molecule has 1 saturated heterocycles. The van der Waals surface area contributed by atoms with Crippen molar-refractivity contribution >= 4 is 22.8 Å². The molecule has 2 heterocycles. The van der Waals surface area contributed by atoms with Crippen LogP contribution in [0.2, 0.25) is 0 Å². The fraction of sp³-hybridized carbons (Fsp3) is 0.421. The molecule has 2 aromatic rings. The fourth-order valence-electron chi connectivity index (χ4n) is 4.04. The highest BCUT2D eigenvalue weighted by molar-refractivity contribution is 6.06. The molecule has 0 bridgehead atoms. The smallest absolute Gasteiger partial charge is 0.312 e. The van der Waals surface area contributed by atoms with Crippen LogP contribution in [0.1, 0.15) is 36.0 Å². The fourth-order valence-corrected chi connectivity index (χ4v) is 4.04. The van der Waals surface area contributed by atoms with Crippen LogP contribution < -0.4 is 0 Å². The normalized spacial score (nSPS) is 20.8. The number of aliphatic carboxylic acids is 1. The van der Waals surface area contributed by atoms with E-state index in [-0.39, 0.29) is 31.8 Å². The molecule has 2 N–H and O–H groups in total. The number of likely N-dealkylation sites (tertiary alicyclic amines) is 1. The van der Waals surface area contributed by atoms with E-state index in [4.69, 9.17) is 0 Å². The lowest BCUT2D eigenvalue weighted by atomic mass is 9.76. The van der Waals surface area contributed by atoms with Crippen LogP contribution in [0.25, 0.3) is 10.9 Å². The zero-order chi connectivity index (χ0) is 18.5. The Hall–Kier alpha value is -2.54. The van der Waals surface area contributed by atoms with E-state index in [1.165, 1.54) is 24.4 Å². The molecule has 2 fully saturated rings. The first-order valence-corrected chi connectivity index (χ1v) is 8.66. The summed E-state index contributed by atoms with van der Waals surface area (Å²) in [6.07, 6.45) is 2.91. The van der Waals surface area contributed by atoms with Gasteiger partial charge in [-0.05, 0) is 49.9 Å². The highest BCUT2D eigenvalue weighted by Crippen LogP contribution is 2.57. The Bertz CT molecular complexity index is 902. The second kappa shape index (κ2) is 5.74. The molecular weight excluding hydrogens is 339 g/mol. The number of amides is 1. The number of hydrogen-bond acceptors (Lipinski definition) is 4. The van der Waals surface area contributed by atoms with E-state index in [9.17, 15) is 24.2 Å². The Morgan fingerprint density at radius 2 is 1.81 bits per heavy atom. The molecule has 0 atom stereocenters. The van der Waals surface area contributed by atoms with Crippen LogP contribution in [0.3, 0.4) is 0 Å². The van der Waals surface area contributed by atoms with E-state index in [1.807, 2.05) is 0 Å². The van der Waals surface area contributed by atoms with Gasteiger partial charge in [0.05, 0.1) is 22.1 Å². The third-order valence-corrected chi connectivity index (χ3v) is 5.86. The molecule has 1 aromatic heterocycles. The standard InChI is InChI=1S/C19H19FN2O4/c20-12-1-2-15-14(11-12)13(3-8-21-15)16(23)22-9-6-19(26,7-10-22)18(4-5-18)17(24)25/h1-3,8,11,26H,4-7,9-10H2,(H,24,25). The minimum absolute atomic E-state index is 0.225. The molecule has 0 radical (unpaired) electrons. The summed E-state index contributed by atoms with van der Waals surface area (Å²) in [4.78, 5) is 30.2. The van der Waals surface area contributed by atoms with Crippen LogP contribution in [0.15, 0.2) is 30.5 Å². The van der Waals surface area contributed by atoms with E-state index in [0.717, 1.165) is 0 Å². The SMILES string of the molecule is O=C(c1ccnc2ccc(F)cc12)N1CCC(O)(C2(C(=O)O)CC2)CC1. The number of piperidine rings is 1. The van der Waals surface area contributed by atoms with Crippen molar-refractivity contribution in [2.45, 2.75) is 31.3 Å². The summed E-state index contributed by atoms with van der Waals surface area (Å²) in [6, 6.07) is 5.68. The lowest BCUT2D eigenvalue weighted by molar-refractivity contribution is -0.160. The molecule has 6 nitrogen and oxygen atoms in total. The summed E-state index contributed by atoms with van der Waals surface area (Å²) < 4.78 is 13.6. The highest BCUT2D eigenvalue weighted by atomic mass is 19.1. The molecule has 1 aromatic carbocycles. The van der Waals surface area contributed by atoms with Crippen LogP contribution >= 0.6 is 0 Å². The first-order valence-electron chi connectivity index (χ1n) is 8.66.